The van der Waals surface area contributed by atoms with Crippen LogP contribution in [0, 0.1) is 6.92 Å². The SMILES string of the molecule is C=CCOC(=O)N(c1nc(C)cs1)C(C)C(=O)O. The van der Waals surface area contributed by atoms with E-state index in [2.05, 4.69) is 11.6 Å². The summed E-state index contributed by atoms with van der Waals surface area (Å²) in [6.07, 6.45) is 0.661. The van der Waals surface area contributed by atoms with Crippen LogP contribution in [-0.2, 0) is 9.53 Å². The Morgan fingerprint density at radius 3 is 2.83 bits per heavy atom. The van der Waals surface area contributed by atoms with E-state index >= 15 is 0 Å². The van der Waals surface area contributed by atoms with E-state index in [4.69, 9.17) is 9.84 Å². The van der Waals surface area contributed by atoms with E-state index in [9.17, 15) is 9.59 Å². The molecule has 0 aliphatic heterocycles. The summed E-state index contributed by atoms with van der Waals surface area (Å²) in [4.78, 5) is 27.9. The van der Waals surface area contributed by atoms with Gasteiger partial charge in [0.2, 0.25) is 0 Å². The van der Waals surface area contributed by atoms with Crippen molar-refractivity contribution in [2.45, 2.75) is 19.9 Å². The molecular formula is C11H14N2O4S. The number of nitrogens with zero attached hydrogens (tertiary/aromatic N) is 2. The van der Waals surface area contributed by atoms with Crippen LogP contribution in [0.15, 0.2) is 18.0 Å². The molecule has 0 radical (unpaired) electrons. The Balaban J connectivity index is 2.98. The number of aryl methyl sites for hydroxylation is 1. The zero-order chi connectivity index (χ0) is 13.7. The lowest BCUT2D eigenvalue weighted by molar-refractivity contribution is -0.138. The third-order valence-electron chi connectivity index (χ3n) is 2.08. The molecule has 1 N–H and O–H groups in total. The maximum atomic E-state index is 11.8. The van der Waals surface area contributed by atoms with E-state index in [0.717, 1.165) is 4.90 Å². The van der Waals surface area contributed by atoms with Crippen molar-refractivity contribution in [2.24, 2.45) is 0 Å². The predicted octanol–water partition coefficient (Wildman–Crippen LogP) is 2.05. The van der Waals surface area contributed by atoms with Crippen LogP contribution >= 0.6 is 11.3 Å². The second-order valence-corrected chi connectivity index (χ2v) is 4.36. The van der Waals surface area contributed by atoms with Gasteiger partial charge in [-0.15, -0.1) is 11.3 Å². The molecule has 18 heavy (non-hydrogen) atoms. The first-order valence-corrected chi connectivity index (χ1v) is 6.07. The molecular weight excluding hydrogens is 256 g/mol. The highest BCUT2D eigenvalue weighted by atomic mass is 32.1. The first-order valence-electron chi connectivity index (χ1n) is 5.19. The molecule has 1 amide bonds. The average molecular weight is 270 g/mol. The number of amides is 1. The van der Waals surface area contributed by atoms with Crippen LogP contribution in [0.4, 0.5) is 9.93 Å². The number of aromatic nitrogens is 1. The molecule has 1 atom stereocenters. The molecule has 1 unspecified atom stereocenters. The van der Waals surface area contributed by atoms with Crippen LogP contribution in [0.2, 0.25) is 0 Å². The number of anilines is 1. The third-order valence-corrected chi connectivity index (χ3v) is 3.04. The molecule has 98 valence electrons. The van der Waals surface area contributed by atoms with Gasteiger partial charge in [0.15, 0.2) is 5.13 Å². The Labute approximate surface area is 109 Å². The van der Waals surface area contributed by atoms with Gasteiger partial charge in [-0.2, -0.15) is 0 Å². The predicted molar refractivity (Wildman–Crippen MR) is 68.0 cm³/mol. The zero-order valence-electron chi connectivity index (χ0n) is 10.1. The first kappa shape index (κ1) is 14.2. The number of carbonyl (C=O) groups is 2. The lowest BCUT2D eigenvalue weighted by Gasteiger charge is -2.22. The molecule has 6 nitrogen and oxygen atoms in total. The number of carboxylic acids is 1. The summed E-state index contributed by atoms with van der Waals surface area (Å²) in [7, 11) is 0. The van der Waals surface area contributed by atoms with Crippen LogP contribution in [-0.4, -0.2) is 34.8 Å². The van der Waals surface area contributed by atoms with Crippen molar-refractivity contribution in [2.75, 3.05) is 11.5 Å². The third kappa shape index (κ3) is 3.30. The van der Waals surface area contributed by atoms with Crippen LogP contribution in [0.1, 0.15) is 12.6 Å². The molecule has 1 rings (SSSR count). The molecule has 0 saturated heterocycles. The second kappa shape index (κ2) is 6.15. The number of ether oxygens (including phenoxy) is 1. The van der Waals surface area contributed by atoms with Crippen LogP contribution < -0.4 is 4.90 Å². The van der Waals surface area contributed by atoms with Gasteiger partial charge < -0.3 is 9.84 Å². The highest BCUT2D eigenvalue weighted by Crippen LogP contribution is 2.23. The van der Waals surface area contributed by atoms with Gasteiger partial charge in [-0.1, -0.05) is 12.7 Å². The van der Waals surface area contributed by atoms with E-state index in [1.165, 1.54) is 24.3 Å². The Morgan fingerprint density at radius 2 is 2.39 bits per heavy atom. The van der Waals surface area contributed by atoms with Crippen molar-refractivity contribution in [3.8, 4) is 0 Å². The largest absolute Gasteiger partial charge is 0.480 e. The molecule has 0 aliphatic rings. The van der Waals surface area contributed by atoms with Crippen molar-refractivity contribution in [1.29, 1.82) is 0 Å². The fraction of sp³-hybridized carbons (Fsp3) is 0.364. The number of carboxylic acid groups (broad SMARTS) is 1. The molecule has 0 spiro atoms. The molecule has 0 fully saturated rings. The standard InChI is InChI=1S/C11H14N2O4S/c1-4-5-17-11(16)13(8(3)9(14)15)10-12-7(2)6-18-10/h4,6,8H,1,5H2,2-3H3,(H,14,15). The minimum Gasteiger partial charge on any atom is -0.480 e. The number of thiazole rings is 1. The topological polar surface area (TPSA) is 79.7 Å². The summed E-state index contributed by atoms with van der Waals surface area (Å²) in [6.45, 7) is 6.60. The van der Waals surface area contributed by atoms with Gasteiger partial charge in [0.05, 0.1) is 5.69 Å². The highest BCUT2D eigenvalue weighted by Gasteiger charge is 2.30. The quantitative estimate of drug-likeness (QED) is 0.828. The molecule has 1 aromatic rings. The fourth-order valence-electron chi connectivity index (χ4n) is 1.16. The van der Waals surface area contributed by atoms with Gasteiger partial charge >= 0.3 is 12.1 Å². The van der Waals surface area contributed by atoms with Crippen molar-refractivity contribution in [3.63, 3.8) is 0 Å². The average Bonchev–Trinajstić information content (AvgIpc) is 2.73. The van der Waals surface area contributed by atoms with E-state index in [1.807, 2.05) is 0 Å². The maximum absolute atomic E-state index is 11.8. The van der Waals surface area contributed by atoms with Gasteiger partial charge in [0, 0.05) is 5.38 Å². The van der Waals surface area contributed by atoms with Crippen molar-refractivity contribution >= 4 is 28.5 Å². The monoisotopic (exact) mass is 270 g/mol. The molecule has 0 bridgehead atoms. The Hall–Kier alpha value is -1.89. The number of hydrogen-bond donors (Lipinski definition) is 1. The second-order valence-electron chi connectivity index (χ2n) is 3.52. The van der Waals surface area contributed by atoms with Gasteiger partial charge in [-0.05, 0) is 13.8 Å². The van der Waals surface area contributed by atoms with Gasteiger partial charge in [0.1, 0.15) is 12.6 Å². The molecule has 0 saturated carbocycles. The van der Waals surface area contributed by atoms with Gasteiger partial charge in [-0.25, -0.2) is 19.5 Å². The first-order chi connectivity index (χ1) is 8.47. The zero-order valence-corrected chi connectivity index (χ0v) is 10.9. The number of aliphatic carboxylic acids is 1. The van der Waals surface area contributed by atoms with Crippen molar-refractivity contribution in [3.05, 3.63) is 23.7 Å². The molecule has 7 heteroatoms. The van der Waals surface area contributed by atoms with Crippen LogP contribution in [0.5, 0.6) is 0 Å². The summed E-state index contributed by atoms with van der Waals surface area (Å²) in [5, 5.41) is 11.0. The molecule has 0 aliphatic carbocycles. The molecule has 0 aromatic carbocycles. The lowest BCUT2D eigenvalue weighted by atomic mass is 10.3. The fourth-order valence-corrected chi connectivity index (χ4v) is 2.04. The Morgan fingerprint density at radius 1 is 1.72 bits per heavy atom. The maximum Gasteiger partial charge on any atom is 0.417 e. The normalized spacial score (nSPS) is 11.7. The van der Waals surface area contributed by atoms with Crippen molar-refractivity contribution < 1.29 is 19.4 Å². The van der Waals surface area contributed by atoms with Crippen molar-refractivity contribution in [1.82, 2.24) is 4.98 Å². The highest BCUT2D eigenvalue weighted by molar-refractivity contribution is 7.14. The van der Waals surface area contributed by atoms with Gasteiger partial charge in [0.25, 0.3) is 0 Å². The Bertz CT molecular complexity index is 458. The summed E-state index contributed by atoms with van der Waals surface area (Å²) in [6, 6.07) is -1.05. The number of carbonyl (C=O) groups excluding carboxylic acids is 1. The summed E-state index contributed by atoms with van der Waals surface area (Å²) in [5.41, 5.74) is 0.717. The summed E-state index contributed by atoms with van der Waals surface area (Å²) >= 11 is 1.19. The minimum absolute atomic E-state index is 0.0199. The summed E-state index contributed by atoms with van der Waals surface area (Å²) < 4.78 is 4.86. The summed E-state index contributed by atoms with van der Waals surface area (Å²) in [5.74, 6) is -1.13. The minimum atomic E-state index is -1.13. The number of rotatable bonds is 5. The van der Waals surface area contributed by atoms with E-state index in [-0.39, 0.29) is 6.61 Å². The van der Waals surface area contributed by atoms with Crippen LogP contribution in [0.3, 0.4) is 0 Å². The lowest BCUT2D eigenvalue weighted by Crippen LogP contribution is -2.43. The van der Waals surface area contributed by atoms with Gasteiger partial charge in [-0.3, -0.25) is 0 Å². The van der Waals surface area contributed by atoms with E-state index < -0.39 is 18.1 Å². The van der Waals surface area contributed by atoms with E-state index in [0.29, 0.717) is 10.8 Å². The van der Waals surface area contributed by atoms with E-state index in [1.54, 1.807) is 12.3 Å². The Kier molecular flexibility index (Phi) is 4.85. The number of hydrogen-bond acceptors (Lipinski definition) is 5. The molecule has 1 aromatic heterocycles. The van der Waals surface area contributed by atoms with Crippen LogP contribution in [0.25, 0.3) is 0 Å². The molecule has 1 heterocycles. The smallest absolute Gasteiger partial charge is 0.417 e.